The normalized spacial score (nSPS) is 14.0. The van der Waals surface area contributed by atoms with Gasteiger partial charge in [0.1, 0.15) is 13.2 Å². The second-order valence-electron chi connectivity index (χ2n) is 8.16. The van der Waals surface area contributed by atoms with Crippen molar-refractivity contribution in [2.45, 2.75) is 13.5 Å². The van der Waals surface area contributed by atoms with Gasteiger partial charge in [0.2, 0.25) is 5.91 Å². The molecule has 1 saturated heterocycles. The SMILES string of the molecule is CCOc1cc(/C=C2/SC(=O)N(CC(=O)Nc3ccccc3)C2=O)cc(I)c1OCc1ccc([N+](=O)[O-])cc1. The number of thioether (sulfide) groups is 1. The van der Waals surface area contributed by atoms with Crippen molar-refractivity contribution in [3.05, 3.63) is 96.4 Å². The molecule has 0 aliphatic carbocycles. The molecule has 1 aliphatic rings. The zero-order valence-corrected chi connectivity index (χ0v) is 23.6. The van der Waals surface area contributed by atoms with Crippen LogP contribution in [0.15, 0.2) is 71.6 Å². The second-order valence-corrected chi connectivity index (χ2v) is 10.3. The number of non-ortho nitro benzene ring substituents is 1. The number of carbonyl (C=O) groups is 3. The summed E-state index contributed by atoms with van der Waals surface area (Å²) in [5, 5.41) is 13.0. The van der Waals surface area contributed by atoms with Crippen LogP contribution in [0.3, 0.4) is 0 Å². The van der Waals surface area contributed by atoms with Gasteiger partial charge in [0.15, 0.2) is 11.5 Å². The lowest BCUT2D eigenvalue weighted by Crippen LogP contribution is -2.36. The molecule has 39 heavy (non-hydrogen) atoms. The number of amides is 3. The molecule has 0 radical (unpaired) electrons. The zero-order valence-electron chi connectivity index (χ0n) is 20.6. The molecule has 0 saturated carbocycles. The summed E-state index contributed by atoms with van der Waals surface area (Å²) < 4.78 is 12.4. The first-order valence-corrected chi connectivity index (χ1v) is 13.6. The molecule has 3 aromatic rings. The Bertz CT molecular complexity index is 1450. The van der Waals surface area contributed by atoms with Gasteiger partial charge in [-0.2, -0.15) is 0 Å². The molecule has 1 N–H and O–H groups in total. The highest BCUT2D eigenvalue weighted by Crippen LogP contribution is 2.38. The van der Waals surface area contributed by atoms with Crippen molar-refractivity contribution in [1.29, 1.82) is 0 Å². The summed E-state index contributed by atoms with van der Waals surface area (Å²) in [7, 11) is 0. The van der Waals surface area contributed by atoms with Crippen molar-refractivity contribution in [3.63, 3.8) is 0 Å². The molecule has 0 aromatic heterocycles. The largest absolute Gasteiger partial charge is 0.490 e. The van der Waals surface area contributed by atoms with E-state index >= 15 is 0 Å². The van der Waals surface area contributed by atoms with Gasteiger partial charge < -0.3 is 14.8 Å². The Morgan fingerprint density at radius 3 is 2.49 bits per heavy atom. The van der Waals surface area contributed by atoms with Gasteiger partial charge in [-0.05, 0) is 94.9 Å². The number of imide groups is 1. The second kappa shape index (κ2) is 12.8. The molecule has 12 heteroatoms. The third kappa shape index (κ3) is 7.15. The Kier molecular flexibility index (Phi) is 9.19. The van der Waals surface area contributed by atoms with E-state index in [-0.39, 0.29) is 17.2 Å². The Morgan fingerprint density at radius 1 is 1.10 bits per heavy atom. The zero-order chi connectivity index (χ0) is 27.9. The number of para-hydroxylation sites is 1. The molecule has 0 atom stereocenters. The number of nitro groups is 1. The molecule has 200 valence electrons. The molecule has 1 aliphatic heterocycles. The fourth-order valence-electron chi connectivity index (χ4n) is 3.60. The first-order chi connectivity index (χ1) is 18.7. The van der Waals surface area contributed by atoms with Gasteiger partial charge in [-0.3, -0.25) is 29.4 Å². The van der Waals surface area contributed by atoms with Crippen molar-refractivity contribution in [3.8, 4) is 11.5 Å². The Labute approximate surface area is 241 Å². The van der Waals surface area contributed by atoms with E-state index in [4.69, 9.17) is 9.47 Å². The van der Waals surface area contributed by atoms with Gasteiger partial charge in [0.25, 0.3) is 16.8 Å². The van der Waals surface area contributed by atoms with Crippen LogP contribution in [0.25, 0.3) is 6.08 Å². The highest BCUT2D eigenvalue weighted by molar-refractivity contribution is 14.1. The first kappa shape index (κ1) is 28.1. The molecule has 1 heterocycles. The van der Waals surface area contributed by atoms with Crippen molar-refractivity contribution < 1.29 is 28.8 Å². The summed E-state index contributed by atoms with van der Waals surface area (Å²) >= 11 is 2.85. The monoisotopic (exact) mass is 659 g/mol. The van der Waals surface area contributed by atoms with E-state index in [0.717, 1.165) is 22.2 Å². The van der Waals surface area contributed by atoms with E-state index in [9.17, 15) is 24.5 Å². The minimum Gasteiger partial charge on any atom is -0.490 e. The Hall–Kier alpha value is -3.91. The topological polar surface area (TPSA) is 128 Å². The van der Waals surface area contributed by atoms with E-state index in [1.165, 1.54) is 12.1 Å². The van der Waals surface area contributed by atoms with E-state index in [2.05, 4.69) is 27.9 Å². The first-order valence-electron chi connectivity index (χ1n) is 11.7. The fourth-order valence-corrected chi connectivity index (χ4v) is 5.22. The smallest absolute Gasteiger partial charge is 0.294 e. The molecule has 0 bridgehead atoms. The lowest BCUT2D eigenvalue weighted by molar-refractivity contribution is -0.384. The quantitative estimate of drug-likeness (QED) is 0.124. The summed E-state index contributed by atoms with van der Waals surface area (Å²) in [6.45, 7) is 1.96. The van der Waals surface area contributed by atoms with Gasteiger partial charge in [-0.15, -0.1) is 0 Å². The standard InChI is InChI=1S/C27H22IN3O7S/c1-2-37-22-13-18(12-21(28)25(22)38-16-17-8-10-20(11-9-17)31(35)36)14-23-26(33)30(27(34)39-23)15-24(32)29-19-6-4-3-5-7-19/h3-14H,2,15-16H2,1H3,(H,29,32)/b23-14+. The highest BCUT2D eigenvalue weighted by Gasteiger charge is 2.36. The van der Waals surface area contributed by atoms with Crippen LogP contribution in [0.4, 0.5) is 16.2 Å². The number of nitro benzene ring substituents is 1. The van der Waals surface area contributed by atoms with Crippen LogP contribution in [0.5, 0.6) is 11.5 Å². The summed E-state index contributed by atoms with van der Waals surface area (Å²) in [4.78, 5) is 49.3. The minimum atomic E-state index is -0.556. The number of rotatable bonds is 10. The Balaban J connectivity index is 1.48. The van der Waals surface area contributed by atoms with Gasteiger partial charge in [0, 0.05) is 17.8 Å². The van der Waals surface area contributed by atoms with Crippen LogP contribution in [0.2, 0.25) is 0 Å². The number of nitrogens with zero attached hydrogens (tertiary/aromatic N) is 2. The predicted molar refractivity (Wildman–Crippen MR) is 156 cm³/mol. The number of anilines is 1. The molecular weight excluding hydrogens is 637 g/mol. The number of hydrogen-bond donors (Lipinski definition) is 1. The molecular formula is C27H22IN3O7S. The van der Waals surface area contributed by atoms with Crippen LogP contribution < -0.4 is 14.8 Å². The van der Waals surface area contributed by atoms with Crippen LogP contribution in [0.1, 0.15) is 18.1 Å². The third-order valence-corrected chi connectivity index (χ3v) is 7.10. The maximum absolute atomic E-state index is 12.9. The summed E-state index contributed by atoms with van der Waals surface area (Å²) in [6, 6.07) is 18.3. The van der Waals surface area contributed by atoms with Crippen LogP contribution in [-0.4, -0.2) is 40.0 Å². The van der Waals surface area contributed by atoms with Gasteiger partial charge in [-0.25, -0.2) is 0 Å². The van der Waals surface area contributed by atoms with Gasteiger partial charge in [-0.1, -0.05) is 18.2 Å². The van der Waals surface area contributed by atoms with E-state index < -0.39 is 28.5 Å². The van der Waals surface area contributed by atoms with Crippen LogP contribution in [0, 0.1) is 13.7 Å². The van der Waals surface area contributed by atoms with Crippen molar-refractivity contribution in [2.24, 2.45) is 0 Å². The number of carbonyl (C=O) groups excluding carboxylic acids is 3. The van der Waals surface area contributed by atoms with Crippen LogP contribution in [-0.2, 0) is 16.2 Å². The van der Waals surface area contributed by atoms with E-state index in [0.29, 0.717) is 32.9 Å². The maximum atomic E-state index is 12.9. The average Bonchev–Trinajstić information content (AvgIpc) is 3.16. The van der Waals surface area contributed by atoms with Crippen molar-refractivity contribution in [1.82, 2.24) is 4.90 Å². The minimum absolute atomic E-state index is 0.00562. The lowest BCUT2D eigenvalue weighted by atomic mass is 10.1. The molecule has 0 spiro atoms. The molecule has 3 aromatic carbocycles. The summed E-state index contributed by atoms with van der Waals surface area (Å²) in [5.74, 6) is -0.107. The number of halogens is 1. The van der Waals surface area contributed by atoms with Crippen LogP contribution >= 0.6 is 34.4 Å². The molecule has 10 nitrogen and oxygen atoms in total. The highest BCUT2D eigenvalue weighted by atomic mass is 127. The summed E-state index contributed by atoms with van der Waals surface area (Å²) in [5.41, 5.74) is 1.92. The number of hydrogen-bond acceptors (Lipinski definition) is 8. The molecule has 4 rings (SSSR count). The van der Waals surface area contributed by atoms with E-state index in [1.54, 1.807) is 54.6 Å². The number of benzene rings is 3. The van der Waals surface area contributed by atoms with Crippen molar-refractivity contribution >= 4 is 68.9 Å². The van der Waals surface area contributed by atoms with Gasteiger partial charge >= 0.3 is 0 Å². The third-order valence-electron chi connectivity index (χ3n) is 5.39. The number of nitrogens with one attached hydrogen (secondary N) is 1. The number of ether oxygens (including phenoxy) is 2. The van der Waals surface area contributed by atoms with E-state index in [1.807, 2.05) is 13.0 Å². The predicted octanol–water partition coefficient (Wildman–Crippen LogP) is 5.85. The van der Waals surface area contributed by atoms with Crippen molar-refractivity contribution in [2.75, 3.05) is 18.5 Å². The average molecular weight is 659 g/mol. The maximum Gasteiger partial charge on any atom is 0.294 e. The molecule has 3 amide bonds. The molecule has 1 fully saturated rings. The lowest BCUT2D eigenvalue weighted by Gasteiger charge is -2.15. The fraction of sp³-hybridized carbons (Fsp3) is 0.148. The van der Waals surface area contributed by atoms with Gasteiger partial charge in [0.05, 0.1) is 20.0 Å². The molecule has 0 unspecified atom stereocenters. The summed E-state index contributed by atoms with van der Waals surface area (Å²) in [6.07, 6.45) is 1.57. The Morgan fingerprint density at radius 2 is 1.82 bits per heavy atom.